The van der Waals surface area contributed by atoms with Gasteiger partial charge < -0.3 is 10.3 Å². The fraction of sp³-hybridized carbons (Fsp3) is 0.400. The SMILES string of the molecule is Cc1ccc2[nH]c(C)c(C(=O)NC3CCS(=O)(=O)C3)c2c1. The molecule has 0 bridgehead atoms. The Morgan fingerprint density at radius 1 is 1.33 bits per heavy atom. The van der Waals surface area contributed by atoms with Crippen LogP contribution in [0.5, 0.6) is 0 Å². The molecule has 1 saturated heterocycles. The van der Waals surface area contributed by atoms with Crippen molar-refractivity contribution in [3.05, 3.63) is 35.0 Å². The standard InChI is InChI=1S/C15H18N2O3S/c1-9-3-4-13-12(7-9)14(10(2)16-13)15(18)17-11-5-6-21(19,20)8-11/h3-4,7,11,16H,5-6,8H2,1-2H3,(H,17,18). The molecule has 2 N–H and O–H groups in total. The first kappa shape index (κ1) is 14.1. The summed E-state index contributed by atoms with van der Waals surface area (Å²) in [6.07, 6.45) is 0.495. The van der Waals surface area contributed by atoms with Crippen molar-refractivity contribution in [2.45, 2.75) is 26.3 Å². The van der Waals surface area contributed by atoms with Crippen LogP contribution in [0.25, 0.3) is 10.9 Å². The van der Waals surface area contributed by atoms with E-state index < -0.39 is 9.84 Å². The van der Waals surface area contributed by atoms with Gasteiger partial charge in [-0.1, -0.05) is 11.6 Å². The molecule has 2 aromatic rings. The number of aromatic amines is 1. The van der Waals surface area contributed by atoms with Crippen LogP contribution in [0.2, 0.25) is 0 Å². The molecule has 0 radical (unpaired) electrons. The summed E-state index contributed by atoms with van der Waals surface area (Å²) in [5, 5.41) is 3.73. The topological polar surface area (TPSA) is 79.0 Å². The average molecular weight is 306 g/mol. The summed E-state index contributed by atoms with van der Waals surface area (Å²) in [6, 6.07) is 5.63. The summed E-state index contributed by atoms with van der Waals surface area (Å²) < 4.78 is 23.0. The van der Waals surface area contributed by atoms with E-state index in [-0.39, 0.29) is 23.5 Å². The summed E-state index contributed by atoms with van der Waals surface area (Å²) in [7, 11) is -2.99. The predicted molar refractivity (Wildman–Crippen MR) is 82.3 cm³/mol. The predicted octanol–water partition coefficient (Wildman–Crippen LogP) is 1.70. The molecule has 1 aliphatic rings. The van der Waals surface area contributed by atoms with E-state index in [4.69, 9.17) is 0 Å². The van der Waals surface area contributed by atoms with Crippen molar-refractivity contribution < 1.29 is 13.2 Å². The first-order valence-electron chi connectivity index (χ1n) is 6.96. The fourth-order valence-corrected chi connectivity index (χ4v) is 4.57. The first-order chi connectivity index (χ1) is 9.85. The highest BCUT2D eigenvalue weighted by Crippen LogP contribution is 2.24. The zero-order valence-electron chi connectivity index (χ0n) is 12.1. The number of fused-ring (bicyclic) bond motifs is 1. The Bertz CT molecular complexity index is 821. The van der Waals surface area contributed by atoms with Crippen LogP contribution in [-0.2, 0) is 9.84 Å². The van der Waals surface area contributed by atoms with Crippen molar-refractivity contribution >= 4 is 26.6 Å². The highest BCUT2D eigenvalue weighted by atomic mass is 32.2. The van der Waals surface area contributed by atoms with E-state index >= 15 is 0 Å². The lowest BCUT2D eigenvalue weighted by atomic mass is 10.1. The molecule has 1 aromatic carbocycles. The molecule has 1 fully saturated rings. The minimum atomic E-state index is -2.99. The summed E-state index contributed by atoms with van der Waals surface area (Å²) in [5.41, 5.74) is 3.41. The molecule has 6 heteroatoms. The minimum Gasteiger partial charge on any atom is -0.358 e. The number of carbonyl (C=O) groups is 1. The van der Waals surface area contributed by atoms with E-state index in [1.54, 1.807) is 0 Å². The monoisotopic (exact) mass is 306 g/mol. The van der Waals surface area contributed by atoms with Gasteiger partial charge in [0.15, 0.2) is 9.84 Å². The third-order valence-corrected chi connectivity index (χ3v) is 5.70. The molecule has 2 heterocycles. The normalized spacial score (nSPS) is 20.8. The molecule has 1 amide bonds. The summed E-state index contributed by atoms with van der Waals surface area (Å²) in [6.45, 7) is 3.84. The van der Waals surface area contributed by atoms with Crippen LogP contribution in [0.3, 0.4) is 0 Å². The van der Waals surface area contributed by atoms with Gasteiger partial charge in [-0.3, -0.25) is 4.79 Å². The third kappa shape index (κ3) is 2.68. The van der Waals surface area contributed by atoms with Gasteiger partial charge >= 0.3 is 0 Å². The second kappa shape index (κ2) is 4.87. The summed E-state index contributed by atoms with van der Waals surface area (Å²) in [4.78, 5) is 15.7. The molecule has 1 aliphatic heterocycles. The van der Waals surface area contributed by atoms with Crippen LogP contribution >= 0.6 is 0 Å². The quantitative estimate of drug-likeness (QED) is 0.886. The number of rotatable bonds is 2. The van der Waals surface area contributed by atoms with E-state index in [1.807, 2.05) is 32.0 Å². The second-order valence-corrected chi connectivity index (χ2v) is 7.98. The Morgan fingerprint density at radius 3 is 2.76 bits per heavy atom. The van der Waals surface area contributed by atoms with Gasteiger partial charge in [-0.05, 0) is 32.4 Å². The molecule has 3 rings (SSSR count). The number of amides is 1. The molecule has 0 aliphatic carbocycles. The first-order valence-corrected chi connectivity index (χ1v) is 8.78. The van der Waals surface area contributed by atoms with E-state index in [9.17, 15) is 13.2 Å². The van der Waals surface area contributed by atoms with Gasteiger partial charge in [0.2, 0.25) is 0 Å². The van der Waals surface area contributed by atoms with Crippen LogP contribution in [0.1, 0.15) is 28.0 Å². The van der Waals surface area contributed by atoms with Gasteiger partial charge in [-0.25, -0.2) is 8.42 Å². The second-order valence-electron chi connectivity index (χ2n) is 5.75. The number of benzene rings is 1. The zero-order chi connectivity index (χ0) is 15.2. The maximum absolute atomic E-state index is 12.5. The summed E-state index contributed by atoms with van der Waals surface area (Å²) in [5.74, 6) is -0.00485. The van der Waals surface area contributed by atoms with Crippen molar-refractivity contribution in [1.29, 1.82) is 0 Å². The van der Waals surface area contributed by atoms with E-state index in [2.05, 4.69) is 10.3 Å². The number of carbonyl (C=O) groups excluding carboxylic acids is 1. The Hall–Kier alpha value is -1.82. The minimum absolute atomic E-state index is 0.0408. The van der Waals surface area contributed by atoms with Gasteiger partial charge in [0.1, 0.15) is 0 Å². The fourth-order valence-electron chi connectivity index (χ4n) is 2.90. The number of H-pyrrole nitrogens is 1. The molecule has 0 spiro atoms. The van der Waals surface area contributed by atoms with Gasteiger partial charge in [-0.15, -0.1) is 0 Å². The molecule has 21 heavy (non-hydrogen) atoms. The highest BCUT2D eigenvalue weighted by molar-refractivity contribution is 7.91. The molecule has 112 valence electrons. The molecule has 1 atom stereocenters. The lowest BCUT2D eigenvalue weighted by Gasteiger charge is -2.11. The Morgan fingerprint density at radius 2 is 2.10 bits per heavy atom. The Labute approximate surface area is 123 Å². The van der Waals surface area contributed by atoms with Crippen molar-refractivity contribution in [3.63, 3.8) is 0 Å². The largest absolute Gasteiger partial charge is 0.358 e. The van der Waals surface area contributed by atoms with Crippen LogP contribution < -0.4 is 5.32 Å². The van der Waals surface area contributed by atoms with Gasteiger partial charge in [0, 0.05) is 22.6 Å². The molecule has 5 nitrogen and oxygen atoms in total. The van der Waals surface area contributed by atoms with Gasteiger partial charge in [-0.2, -0.15) is 0 Å². The number of aromatic nitrogens is 1. The number of hydrogen-bond donors (Lipinski definition) is 2. The number of nitrogens with one attached hydrogen (secondary N) is 2. The average Bonchev–Trinajstić information content (AvgIpc) is 2.88. The van der Waals surface area contributed by atoms with Crippen molar-refractivity contribution in [2.24, 2.45) is 0 Å². The Kier molecular flexibility index (Phi) is 3.28. The van der Waals surface area contributed by atoms with Crippen LogP contribution in [0, 0.1) is 13.8 Å². The smallest absolute Gasteiger partial charge is 0.253 e. The molecular weight excluding hydrogens is 288 g/mol. The van der Waals surface area contributed by atoms with Crippen LogP contribution in [0.15, 0.2) is 18.2 Å². The van der Waals surface area contributed by atoms with E-state index in [0.717, 1.165) is 22.2 Å². The lowest BCUT2D eigenvalue weighted by Crippen LogP contribution is -2.35. The van der Waals surface area contributed by atoms with Crippen molar-refractivity contribution in [2.75, 3.05) is 11.5 Å². The highest BCUT2D eigenvalue weighted by Gasteiger charge is 2.30. The lowest BCUT2D eigenvalue weighted by molar-refractivity contribution is 0.0942. The molecule has 1 unspecified atom stereocenters. The maximum atomic E-state index is 12.5. The third-order valence-electron chi connectivity index (χ3n) is 3.94. The summed E-state index contributed by atoms with van der Waals surface area (Å²) >= 11 is 0. The zero-order valence-corrected chi connectivity index (χ0v) is 12.9. The number of aryl methyl sites for hydroxylation is 2. The van der Waals surface area contributed by atoms with Crippen LogP contribution in [0.4, 0.5) is 0 Å². The van der Waals surface area contributed by atoms with Gasteiger partial charge in [0.05, 0.1) is 17.1 Å². The Balaban J connectivity index is 1.91. The van der Waals surface area contributed by atoms with Crippen molar-refractivity contribution in [1.82, 2.24) is 10.3 Å². The molecular formula is C15H18N2O3S. The maximum Gasteiger partial charge on any atom is 0.253 e. The van der Waals surface area contributed by atoms with Gasteiger partial charge in [0.25, 0.3) is 5.91 Å². The van der Waals surface area contributed by atoms with E-state index in [1.165, 1.54) is 0 Å². The molecule has 0 saturated carbocycles. The number of sulfone groups is 1. The number of hydrogen-bond acceptors (Lipinski definition) is 3. The van der Waals surface area contributed by atoms with E-state index in [0.29, 0.717) is 12.0 Å². The van der Waals surface area contributed by atoms with Crippen molar-refractivity contribution in [3.8, 4) is 0 Å². The van der Waals surface area contributed by atoms with Crippen LogP contribution in [-0.4, -0.2) is 36.9 Å². The molecule has 1 aromatic heterocycles.